The first-order chi connectivity index (χ1) is 7.40. The van der Waals surface area contributed by atoms with E-state index in [9.17, 15) is 4.79 Å². The molecular weight excluding hydrogens is 184 g/mol. The van der Waals surface area contributed by atoms with E-state index in [1.54, 1.807) is 0 Å². The minimum atomic E-state index is 0.828. The summed E-state index contributed by atoms with van der Waals surface area (Å²) in [6.07, 6.45) is 6.07. The van der Waals surface area contributed by atoms with E-state index in [1.165, 1.54) is 16.5 Å². The van der Waals surface area contributed by atoms with Gasteiger partial charge in [-0.15, -0.1) is 0 Å². The smallest absolute Gasteiger partial charge is 0.150 e. The van der Waals surface area contributed by atoms with Crippen LogP contribution in [0.25, 0.3) is 16.8 Å². The van der Waals surface area contributed by atoms with Crippen LogP contribution in [-0.4, -0.2) is 6.29 Å². The van der Waals surface area contributed by atoms with Gasteiger partial charge in [-0.2, -0.15) is 0 Å². The molecule has 0 spiro atoms. The van der Waals surface area contributed by atoms with Gasteiger partial charge in [-0.3, -0.25) is 4.79 Å². The molecule has 0 atom stereocenters. The third kappa shape index (κ3) is 1.13. The molecular formula is C14H10O. The minimum Gasteiger partial charge on any atom is -0.298 e. The van der Waals surface area contributed by atoms with E-state index in [4.69, 9.17) is 0 Å². The van der Waals surface area contributed by atoms with Gasteiger partial charge in [0.1, 0.15) is 6.29 Å². The molecule has 1 heteroatoms. The summed E-state index contributed by atoms with van der Waals surface area (Å²) in [7, 11) is 0. The van der Waals surface area contributed by atoms with Gasteiger partial charge < -0.3 is 0 Å². The monoisotopic (exact) mass is 194 g/mol. The molecule has 0 aliphatic heterocycles. The maximum absolute atomic E-state index is 11.0. The summed E-state index contributed by atoms with van der Waals surface area (Å²) < 4.78 is 0. The molecule has 0 heterocycles. The van der Waals surface area contributed by atoms with Crippen molar-refractivity contribution in [2.24, 2.45) is 0 Å². The molecule has 0 saturated carbocycles. The Kier molecular flexibility index (Phi) is 1.72. The van der Waals surface area contributed by atoms with Crippen LogP contribution in [0.4, 0.5) is 0 Å². The Balaban J connectivity index is 2.49. The molecule has 72 valence electrons. The molecule has 2 aromatic carbocycles. The van der Waals surface area contributed by atoms with E-state index < -0.39 is 0 Å². The highest BCUT2D eigenvalue weighted by Gasteiger charge is 2.13. The second-order valence-corrected chi connectivity index (χ2v) is 3.80. The van der Waals surface area contributed by atoms with Gasteiger partial charge in [0.25, 0.3) is 0 Å². The molecule has 1 aliphatic carbocycles. The van der Waals surface area contributed by atoms with E-state index in [2.05, 4.69) is 24.3 Å². The van der Waals surface area contributed by atoms with E-state index in [1.807, 2.05) is 18.2 Å². The number of rotatable bonds is 1. The third-order valence-corrected chi connectivity index (χ3v) is 2.97. The summed E-state index contributed by atoms with van der Waals surface area (Å²) in [6, 6.07) is 10.2. The fourth-order valence-electron chi connectivity index (χ4n) is 2.26. The summed E-state index contributed by atoms with van der Waals surface area (Å²) in [5, 5.41) is 2.39. The van der Waals surface area contributed by atoms with Gasteiger partial charge in [0, 0.05) is 5.56 Å². The highest BCUT2D eigenvalue weighted by atomic mass is 16.1. The summed E-state index contributed by atoms with van der Waals surface area (Å²) in [5.41, 5.74) is 3.22. The highest BCUT2D eigenvalue weighted by molar-refractivity contribution is 5.98. The lowest BCUT2D eigenvalue weighted by molar-refractivity contribution is 0.112. The molecule has 1 aliphatic rings. The molecule has 15 heavy (non-hydrogen) atoms. The van der Waals surface area contributed by atoms with Gasteiger partial charge in [0.15, 0.2) is 0 Å². The summed E-state index contributed by atoms with van der Waals surface area (Å²) in [6.45, 7) is 0. The van der Waals surface area contributed by atoms with Crippen molar-refractivity contribution in [1.29, 1.82) is 0 Å². The summed E-state index contributed by atoms with van der Waals surface area (Å²) in [5.74, 6) is 0. The van der Waals surface area contributed by atoms with Crippen molar-refractivity contribution >= 4 is 23.1 Å². The normalized spacial score (nSPS) is 13.1. The number of hydrogen-bond acceptors (Lipinski definition) is 1. The van der Waals surface area contributed by atoms with Crippen LogP contribution in [0.3, 0.4) is 0 Å². The van der Waals surface area contributed by atoms with Gasteiger partial charge >= 0.3 is 0 Å². The van der Waals surface area contributed by atoms with Crippen molar-refractivity contribution in [3.63, 3.8) is 0 Å². The molecule has 0 fully saturated rings. The van der Waals surface area contributed by atoms with Crippen molar-refractivity contribution in [3.05, 3.63) is 53.1 Å². The average Bonchev–Trinajstić information content (AvgIpc) is 2.77. The van der Waals surface area contributed by atoms with Gasteiger partial charge in [-0.05, 0) is 34.4 Å². The maximum atomic E-state index is 11.0. The van der Waals surface area contributed by atoms with Crippen molar-refractivity contribution in [2.45, 2.75) is 6.42 Å². The SMILES string of the molecule is O=Cc1cc2ccccc2c2c1CC=C2. The Labute approximate surface area is 88.0 Å². The Morgan fingerprint density at radius 2 is 2.07 bits per heavy atom. The molecule has 0 amide bonds. The predicted octanol–water partition coefficient (Wildman–Crippen LogP) is 3.22. The molecule has 0 aromatic heterocycles. The lowest BCUT2D eigenvalue weighted by Gasteiger charge is -2.07. The largest absolute Gasteiger partial charge is 0.298 e. The van der Waals surface area contributed by atoms with E-state index in [0.29, 0.717) is 0 Å². The van der Waals surface area contributed by atoms with Crippen molar-refractivity contribution < 1.29 is 4.79 Å². The fourth-order valence-corrected chi connectivity index (χ4v) is 2.26. The average molecular weight is 194 g/mol. The minimum absolute atomic E-state index is 0.828. The zero-order valence-electron chi connectivity index (χ0n) is 8.23. The van der Waals surface area contributed by atoms with E-state index >= 15 is 0 Å². The van der Waals surface area contributed by atoms with Crippen LogP contribution in [0.5, 0.6) is 0 Å². The lowest BCUT2D eigenvalue weighted by Crippen LogP contribution is -1.92. The zero-order valence-corrected chi connectivity index (χ0v) is 8.23. The van der Waals surface area contributed by atoms with Crippen LogP contribution in [0.1, 0.15) is 21.5 Å². The Morgan fingerprint density at radius 1 is 1.20 bits per heavy atom. The van der Waals surface area contributed by atoms with Gasteiger partial charge in [0.2, 0.25) is 0 Å². The second-order valence-electron chi connectivity index (χ2n) is 3.80. The molecule has 1 nitrogen and oxygen atoms in total. The van der Waals surface area contributed by atoms with Gasteiger partial charge in [-0.25, -0.2) is 0 Å². The third-order valence-electron chi connectivity index (χ3n) is 2.97. The number of fused-ring (bicyclic) bond motifs is 3. The zero-order chi connectivity index (χ0) is 10.3. The Hall–Kier alpha value is -1.89. The number of carbonyl (C=O) groups excluding carboxylic acids is 1. The van der Waals surface area contributed by atoms with Crippen LogP contribution in [0.2, 0.25) is 0 Å². The van der Waals surface area contributed by atoms with Crippen molar-refractivity contribution in [1.82, 2.24) is 0 Å². The number of allylic oxidation sites excluding steroid dienone is 1. The maximum Gasteiger partial charge on any atom is 0.150 e. The topological polar surface area (TPSA) is 17.1 Å². The van der Waals surface area contributed by atoms with Crippen molar-refractivity contribution in [2.75, 3.05) is 0 Å². The van der Waals surface area contributed by atoms with E-state index in [-0.39, 0.29) is 0 Å². The van der Waals surface area contributed by atoms with Crippen LogP contribution >= 0.6 is 0 Å². The lowest BCUT2D eigenvalue weighted by atomic mass is 9.96. The molecule has 0 unspecified atom stereocenters. The quantitative estimate of drug-likeness (QED) is 0.637. The van der Waals surface area contributed by atoms with Crippen LogP contribution in [0, 0.1) is 0 Å². The van der Waals surface area contributed by atoms with Crippen LogP contribution < -0.4 is 0 Å². The summed E-state index contributed by atoms with van der Waals surface area (Å²) >= 11 is 0. The van der Waals surface area contributed by atoms with Crippen LogP contribution in [-0.2, 0) is 6.42 Å². The Bertz CT molecular complexity index is 579. The molecule has 3 rings (SSSR count). The standard InChI is InChI=1S/C14H10O/c15-9-11-8-10-4-1-2-5-12(10)14-7-3-6-13(11)14/h1-5,7-9H,6H2. The van der Waals surface area contributed by atoms with Crippen molar-refractivity contribution in [3.8, 4) is 0 Å². The predicted molar refractivity (Wildman–Crippen MR) is 62.1 cm³/mol. The van der Waals surface area contributed by atoms with Gasteiger partial charge in [0.05, 0.1) is 0 Å². The number of hydrogen-bond donors (Lipinski definition) is 0. The first kappa shape index (κ1) is 8.42. The Morgan fingerprint density at radius 3 is 2.93 bits per heavy atom. The molecule has 0 bridgehead atoms. The number of benzene rings is 2. The number of aldehydes is 1. The van der Waals surface area contributed by atoms with Gasteiger partial charge in [-0.1, -0.05) is 36.4 Å². The molecule has 0 saturated heterocycles. The fraction of sp³-hybridized carbons (Fsp3) is 0.0714. The summed E-state index contributed by atoms with van der Waals surface area (Å²) in [4.78, 5) is 11.0. The van der Waals surface area contributed by atoms with E-state index in [0.717, 1.165) is 23.7 Å². The molecule has 0 radical (unpaired) electrons. The van der Waals surface area contributed by atoms with Crippen LogP contribution in [0.15, 0.2) is 36.4 Å². The first-order valence-electron chi connectivity index (χ1n) is 5.06. The first-order valence-corrected chi connectivity index (χ1v) is 5.06. The highest BCUT2D eigenvalue weighted by Crippen LogP contribution is 2.30. The second kappa shape index (κ2) is 3.06. The molecule has 2 aromatic rings. The molecule has 0 N–H and O–H groups in total. The number of carbonyl (C=O) groups is 1.